The number of nitrogens with zero attached hydrogens (tertiary/aromatic N) is 3. The fourth-order valence-corrected chi connectivity index (χ4v) is 3.19. The lowest BCUT2D eigenvalue weighted by atomic mass is 10.3. The van der Waals surface area contributed by atoms with E-state index in [4.69, 9.17) is 4.74 Å². The number of amides is 3. The number of carbonyl (C=O) groups is 3. The summed E-state index contributed by atoms with van der Waals surface area (Å²) in [5.74, 6) is -0.663. The van der Waals surface area contributed by atoms with Crippen LogP contribution in [0.4, 0.5) is 11.4 Å². The molecule has 3 rings (SSSR count). The van der Waals surface area contributed by atoms with Gasteiger partial charge in [0, 0.05) is 33.0 Å². The van der Waals surface area contributed by atoms with Gasteiger partial charge in [0.15, 0.2) is 6.10 Å². The molecule has 1 aliphatic heterocycles. The van der Waals surface area contributed by atoms with Gasteiger partial charge in [-0.05, 0) is 46.1 Å². The van der Waals surface area contributed by atoms with Crippen LogP contribution >= 0.6 is 0 Å². The van der Waals surface area contributed by atoms with Crippen LogP contribution in [0, 0.1) is 0 Å². The Labute approximate surface area is 181 Å². The summed E-state index contributed by atoms with van der Waals surface area (Å²) in [6.45, 7) is 3.36. The Morgan fingerprint density at radius 2 is 1.65 bits per heavy atom. The molecule has 168 valence electrons. The molecule has 1 saturated heterocycles. The van der Waals surface area contributed by atoms with Crippen molar-refractivity contribution >= 4 is 29.1 Å². The largest absolute Gasteiger partial charge is 0.359 e. The van der Waals surface area contributed by atoms with Crippen LogP contribution in [0.3, 0.4) is 0 Å². The first-order chi connectivity index (χ1) is 14.7. The number of carbonyl (C=O) groups excluding carboxylic acids is 3. The average molecular weight is 431 g/mol. The van der Waals surface area contributed by atoms with Crippen molar-refractivity contribution < 1.29 is 19.1 Å². The number of anilines is 2. The summed E-state index contributed by atoms with van der Waals surface area (Å²) < 4.78 is 5.14. The van der Waals surface area contributed by atoms with Crippen molar-refractivity contribution in [1.29, 1.82) is 0 Å². The molecule has 2 aromatic heterocycles. The van der Waals surface area contributed by atoms with Crippen molar-refractivity contribution in [2.24, 2.45) is 0 Å². The Kier molecular flexibility index (Phi) is 6.81. The van der Waals surface area contributed by atoms with Crippen LogP contribution in [-0.2, 0) is 9.53 Å². The number of hydrogen-bond acceptors (Lipinski definition) is 5. The normalized spacial score (nSPS) is 17.5. The zero-order chi connectivity index (χ0) is 22.7. The van der Waals surface area contributed by atoms with Gasteiger partial charge in [0.1, 0.15) is 11.4 Å². The molecule has 0 bridgehead atoms. The molecule has 0 saturated carbocycles. The highest BCUT2D eigenvalue weighted by Crippen LogP contribution is 2.23. The second-order valence-corrected chi connectivity index (χ2v) is 8.07. The molecule has 1 fully saturated rings. The summed E-state index contributed by atoms with van der Waals surface area (Å²) in [6, 6.07) is 3.22. The van der Waals surface area contributed by atoms with E-state index in [9.17, 15) is 14.4 Å². The lowest BCUT2D eigenvalue weighted by Gasteiger charge is -2.18. The summed E-state index contributed by atoms with van der Waals surface area (Å²) in [4.78, 5) is 48.4. The van der Waals surface area contributed by atoms with E-state index in [1.54, 1.807) is 43.5 Å². The van der Waals surface area contributed by atoms with Gasteiger partial charge >= 0.3 is 0 Å². The fraction of sp³-hybridized carbons (Fsp3) is 0.476. The lowest BCUT2D eigenvalue weighted by molar-refractivity contribution is -0.117. The van der Waals surface area contributed by atoms with Crippen LogP contribution in [0.1, 0.15) is 34.3 Å². The third-order valence-corrected chi connectivity index (χ3v) is 5.19. The molecular weight excluding hydrogens is 400 g/mol. The van der Waals surface area contributed by atoms with Crippen LogP contribution < -0.4 is 10.2 Å². The Bertz CT molecular complexity index is 949. The smallest absolute Gasteiger partial charge is 0.274 e. The summed E-state index contributed by atoms with van der Waals surface area (Å²) in [5.41, 5.74) is 1.79. The highest BCUT2D eigenvalue weighted by molar-refractivity contribution is 6.06. The number of nitrogens with one attached hydrogen (secondary N) is 3. The Hall–Kier alpha value is -3.11. The van der Waals surface area contributed by atoms with E-state index >= 15 is 0 Å². The molecular formula is C21H30N6O4. The van der Waals surface area contributed by atoms with E-state index < -0.39 is 6.10 Å². The number of aromatic amines is 2. The van der Waals surface area contributed by atoms with Crippen LogP contribution in [0.25, 0.3) is 0 Å². The van der Waals surface area contributed by atoms with Gasteiger partial charge < -0.3 is 34.7 Å². The van der Waals surface area contributed by atoms with Crippen LogP contribution in [0.5, 0.6) is 0 Å². The molecule has 10 nitrogen and oxygen atoms in total. The maximum atomic E-state index is 12.8. The van der Waals surface area contributed by atoms with Crippen LogP contribution in [0.2, 0.25) is 0 Å². The molecule has 0 aliphatic carbocycles. The maximum absolute atomic E-state index is 12.8. The summed E-state index contributed by atoms with van der Waals surface area (Å²) >= 11 is 0. The third kappa shape index (κ3) is 5.53. The molecule has 2 aromatic rings. The zero-order valence-electron chi connectivity index (χ0n) is 18.6. The first-order valence-corrected chi connectivity index (χ1v) is 10.2. The quantitative estimate of drug-likeness (QED) is 0.520. The number of aromatic nitrogens is 2. The van der Waals surface area contributed by atoms with Gasteiger partial charge in [-0.3, -0.25) is 14.4 Å². The van der Waals surface area contributed by atoms with Gasteiger partial charge in [-0.1, -0.05) is 0 Å². The predicted molar refractivity (Wildman–Crippen MR) is 117 cm³/mol. The standard InChI is InChI=1S/C21H30N6O4/c1-13-18(31-13)19(28)24-14-9-16(22-11-14)21(30)27(5)15-10-17(23-12-15)20(29)26(4)8-6-7-25(2)3/h9-13,18,22-23H,6-8H2,1-5H3,(H,24,28). The number of epoxide rings is 1. The van der Waals surface area contributed by atoms with Crippen molar-refractivity contribution in [2.75, 3.05) is 51.5 Å². The molecule has 0 radical (unpaired) electrons. The van der Waals surface area contributed by atoms with E-state index in [1.165, 1.54) is 4.90 Å². The SMILES string of the molecule is CC1OC1C(=O)Nc1c[nH]c(C(=O)N(C)c2c[nH]c(C(=O)N(C)CCCN(C)C)c2)c1. The lowest BCUT2D eigenvalue weighted by Crippen LogP contribution is -2.30. The minimum atomic E-state index is -0.437. The highest BCUT2D eigenvalue weighted by Gasteiger charge is 2.41. The van der Waals surface area contributed by atoms with Crippen molar-refractivity contribution in [2.45, 2.75) is 25.6 Å². The minimum absolute atomic E-state index is 0.0799. The van der Waals surface area contributed by atoms with Gasteiger partial charge in [0.05, 0.1) is 17.5 Å². The Balaban J connectivity index is 1.58. The Morgan fingerprint density at radius 1 is 1.00 bits per heavy atom. The van der Waals surface area contributed by atoms with Gasteiger partial charge in [-0.2, -0.15) is 0 Å². The van der Waals surface area contributed by atoms with Gasteiger partial charge in [-0.25, -0.2) is 0 Å². The second kappa shape index (κ2) is 9.36. The average Bonchev–Trinajstić information content (AvgIpc) is 3.12. The predicted octanol–water partition coefficient (Wildman–Crippen LogP) is 1.37. The van der Waals surface area contributed by atoms with Crippen molar-refractivity contribution in [3.05, 3.63) is 35.9 Å². The number of ether oxygens (including phenoxy) is 1. The van der Waals surface area contributed by atoms with Crippen molar-refractivity contribution in [1.82, 2.24) is 19.8 Å². The zero-order valence-corrected chi connectivity index (χ0v) is 18.6. The van der Waals surface area contributed by atoms with E-state index in [1.807, 2.05) is 21.0 Å². The molecule has 0 spiro atoms. The summed E-state index contributed by atoms with van der Waals surface area (Å²) in [7, 11) is 7.37. The number of hydrogen-bond donors (Lipinski definition) is 3. The summed E-state index contributed by atoms with van der Waals surface area (Å²) in [5, 5.41) is 2.72. The maximum Gasteiger partial charge on any atom is 0.274 e. The highest BCUT2D eigenvalue weighted by atomic mass is 16.6. The monoisotopic (exact) mass is 430 g/mol. The Morgan fingerprint density at radius 3 is 2.29 bits per heavy atom. The molecule has 1 aliphatic rings. The molecule has 31 heavy (non-hydrogen) atoms. The molecule has 0 aromatic carbocycles. The topological polar surface area (TPSA) is 117 Å². The molecule has 3 N–H and O–H groups in total. The van der Waals surface area contributed by atoms with E-state index in [2.05, 4.69) is 20.2 Å². The van der Waals surface area contributed by atoms with E-state index in [-0.39, 0.29) is 23.8 Å². The van der Waals surface area contributed by atoms with Gasteiger partial charge in [0.2, 0.25) is 0 Å². The second-order valence-electron chi connectivity index (χ2n) is 8.07. The van der Waals surface area contributed by atoms with Gasteiger partial charge in [0.25, 0.3) is 17.7 Å². The molecule has 2 atom stereocenters. The first-order valence-electron chi connectivity index (χ1n) is 10.2. The first kappa shape index (κ1) is 22.6. The van der Waals surface area contributed by atoms with Crippen molar-refractivity contribution in [3.63, 3.8) is 0 Å². The number of H-pyrrole nitrogens is 2. The molecule has 2 unspecified atom stereocenters. The van der Waals surface area contributed by atoms with Crippen molar-refractivity contribution in [3.8, 4) is 0 Å². The van der Waals surface area contributed by atoms with Crippen LogP contribution in [0.15, 0.2) is 24.5 Å². The van der Waals surface area contributed by atoms with Gasteiger partial charge in [-0.15, -0.1) is 0 Å². The van der Waals surface area contributed by atoms with Crippen LogP contribution in [-0.4, -0.2) is 91.0 Å². The molecule has 3 amide bonds. The number of rotatable bonds is 9. The molecule has 10 heteroatoms. The third-order valence-electron chi connectivity index (χ3n) is 5.19. The van der Waals surface area contributed by atoms with E-state index in [0.717, 1.165) is 13.0 Å². The molecule has 3 heterocycles. The van der Waals surface area contributed by atoms with E-state index in [0.29, 0.717) is 29.3 Å². The summed E-state index contributed by atoms with van der Waals surface area (Å²) in [6.07, 6.45) is 3.53. The minimum Gasteiger partial charge on any atom is -0.359 e. The fourth-order valence-electron chi connectivity index (χ4n) is 3.19.